The zero-order chi connectivity index (χ0) is 24.0. The van der Waals surface area contributed by atoms with E-state index in [2.05, 4.69) is 67.9 Å². The number of rotatable bonds is 7. The van der Waals surface area contributed by atoms with E-state index in [4.69, 9.17) is 0 Å². The van der Waals surface area contributed by atoms with Crippen molar-refractivity contribution in [2.45, 2.75) is 81.4 Å². The summed E-state index contributed by atoms with van der Waals surface area (Å²) in [5, 5.41) is 17.7. The van der Waals surface area contributed by atoms with Gasteiger partial charge in [-0.05, 0) is 42.0 Å². The Morgan fingerprint density at radius 3 is 2.49 bits per heavy atom. The van der Waals surface area contributed by atoms with Gasteiger partial charge in [0.15, 0.2) is 5.16 Å². The molecule has 3 aromatic rings. The second-order valence-corrected chi connectivity index (χ2v) is 10.6. The Morgan fingerprint density at radius 2 is 1.66 bits per heavy atom. The van der Waals surface area contributed by atoms with Crippen molar-refractivity contribution in [1.82, 2.24) is 25.4 Å². The topological polar surface area (TPSA) is 88.9 Å². The third-order valence-electron chi connectivity index (χ3n) is 7.18. The lowest BCUT2D eigenvalue weighted by Crippen LogP contribution is -2.44. The summed E-state index contributed by atoms with van der Waals surface area (Å²) in [7, 11) is 0. The number of imide groups is 1. The first-order valence-electron chi connectivity index (χ1n) is 12.8. The Bertz CT molecular complexity index is 1180. The average molecular weight is 492 g/mol. The molecule has 1 heterocycles. The molecule has 2 saturated carbocycles. The highest BCUT2D eigenvalue weighted by Crippen LogP contribution is 2.33. The second kappa shape index (κ2) is 11.2. The number of nitrogens with zero attached hydrogens (tertiary/aromatic N) is 3. The van der Waals surface area contributed by atoms with E-state index < -0.39 is 6.03 Å². The van der Waals surface area contributed by atoms with Crippen molar-refractivity contribution >= 4 is 34.5 Å². The number of urea groups is 1. The van der Waals surface area contributed by atoms with Gasteiger partial charge in [-0.1, -0.05) is 86.3 Å². The highest BCUT2D eigenvalue weighted by molar-refractivity contribution is 7.99. The number of benzene rings is 2. The molecule has 1 aromatic heterocycles. The summed E-state index contributed by atoms with van der Waals surface area (Å²) in [6.45, 7) is 0. The largest absolute Gasteiger partial charge is 0.335 e. The number of nitrogens with one attached hydrogen (secondary N) is 2. The number of thioether (sulfide) groups is 1. The van der Waals surface area contributed by atoms with Crippen molar-refractivity contribution < 1.29 is 9.59 Å². The van der Waals surface area contributed by atoms with Gasteiger partial charge in [-0.3, -0.25) is 10.1 Å². The van der Waals surface area contributed by atoms with E-state index in [0.29, 0.717) is 12.5 Å². The fraction of sp³-hybridized carbons (Fsp3) is 0.481. The number of amides is 3. The van der Waals surface area contributed by atoms with Crippen LogP contribution in [0.2, 0.25) is 0 Å². The number of hydrogen-bond donors (Lipinski definition) is 2. The fourth-order valence-electron chi connectivity index (χ4n) is 5.43. The van der Waals surface area contributed by atoms with E-state index in [9.17, 15) is 9.59 Å². The molecule has 2 aliphatic carbocycles. The third kappa shape index (κ3) is 5.86. The van der Waals surface area contributed by atoms with Crippen molar-refractivity contribution in [2.75, 3.05) is 5.75 Å². The number of aromatic nitrogens is 3. The minimum atomic E-state index is -0.395. The van der Waals surface area contributed by atoms with Crippen LogP contribution in [0.25, 0.3) is 10.8 Å². The predicted octanol–water partition coefficient (Wildman–Crippen LogP) is 5.39. The number of carbonyl (C=O) groups excluding carboxylic acids is 2. The van der Waals surface area contributed by atoms with Gasteiger partial charge in [-0.2, -0.15) is 0 Å². The van der Waals surface area contributed by atoms with Gasteiger partial charge in [0.25, 0.3) is 0 Å². The van der Waals surface area contributed by atoms with E-state index >= 15 is 0 Å². The first-order valence-corrected chi connectivity index (χ1v) is 13.8. The maximum Gasteiger partial charge on any atom is 0.321 e. The van der Waals surface area contributed by atoms with E-state index in [0.717, 1.165) is 49.5 Å². The van der Waals surface area contributed by atoms with Crippen LogP contribution in [-0.2, 0) is 11.2 Å². The zero-order valence-electron chi connectivity index (χ0n) is 20.0. The molecule has 0 radical (unpaired) electrons. The van der Waals surface area contributed by atoms with Gasteiger partial charge in [0.2, 0.25) is 5.91 Å². The van der Waals surface area contributed by atoms with Crippen LogP contribution in [0.1, 0.15) is 75.2 Å². The molecule has 8 heteroatoms. The van der Waals surface area contributed by atoms with E-state index in [1.54, 1.807) is 0 Å². The molecule has 0 spiro atoms. The molecule has 35 heavy (non-hydrogen) atoms. The second-order valence-electron chi connectivity index (χ2n) is 9.67. The van der Waals surface area contributed by atoms with Gasteiger partial charge in [-0.15, -0.1) is 10.2 Å². The van der Waals surface area contributed by atoms with Crippen LogP contribution >= 0.6 is 11.8 Å². The highest BCUT2D eigenvalue weighted by Gasteiger charge is 2.24. The molecule has 2 aromatic carbocycles. The lowest BCUT2D eigenvalue weighted by Gasteiger charge is -2.25. The van der Waals surface area contributed by atoms with E-state index in [1.165, 1.54) is 47.4 Å². The van der Waals surface area contributed by atoms with E-state index in [1.807, 2.05) is 0 Å². The van der Waals surface area contributed by atoms with Crippen LogP contribution < -0.4 is 10.6 Å². The van der Waals surface area contributed by atoms with Gasteiger partial charge in [-0.25, -0.2) is 4.79 Å². The minimum absolute atomic E-state index is 0.136. The quantitative estimate of drug-likeness (QED) is 0.433. The SMILES string of the molecule is O=C(CSc1nnc(Cc2cccc3ccccc23)n1C1CCCCC1)NC(=O)NC1CCCC1. The molecule has 0 bridgehead atoms. The van der Waals surface area contributed by atoms with Crippen molar-refractivity contribution in [2.24, 2.45) is 0 Å². The molecule has 2 fully saturated rings. The smallest absolute Gasteiger partial charge is 0.321 e. The van der Waals surface area contributed by atoms with E-state index in [-0.39, 0.29) is 17.7 Å². The van der Waals surface area contributed by atoms with Crippen LogP contribution in [-0.4, -0.2) is 38.5 Å². The van der Waals surface area contributed by atoms with Crippen molar-refractivity contribution in [3.8, 4) is 0 Å². The zero-order valence-corrected chi connectivity index (χ0v) is 20.9. The summed E-state index contributed by atoms with van der Waals surface area (Å²) in [6, 6.07) is 14.9. The standard InChI is InChI=1S/C27H33N5O2S/c33-25(29-26(34)28-21-12-5-6-13-21)18-35-27-31-30-24(32(27)22-14-2-1-3-15-22)17-20-11-8-10-19-9-4-7-16-23(19)20/h4,7-11,16,21-22H,1-3,5-6,12-15,17-18H2,(H2,28,29,33,34). The molecular formula is C27H33N5O2S. The Morgan fingerprint density at radius 1 is 0.914 bits per heavy atom. The first kappa shape index (κ1) is 23.9. The maximum atomic E-state index is 12.5. The fourth-order valence-corrected chi connectivity index (χ4v) is 6.26. The van der Waals surface area contributed by atoms with Gasteiger partial charge in [0.1, 0.15) is 5.82 Å². The lowest BCUT2D eigenvalue weighted by atomic mass is 9.95. The van der Waals surface area contributed by atoms with Crippen LogP contribution in [0.15, 0.2) is 47.6 Å². The molecule has 2 N–H and O–H groups in total. The molecule has 2 aliphatic rings. The molecule has 3 amide bonds. The first-order chi connectivity index (χ1) is 17.2. The maximum absolute atomic E-state index is 12.5. The van der Waals surface area contributed by atoms with Gasteiger partial charge < -0.3 is 9.88 Å². The van der Waals surface area contributed by atoms with Crippen LogP contribution in [0.4, 0.5) is 4.79 Å². The van der Waals surface area contributed by atoms with Crippen LogP contribution in [0, 0.1) is 0 Å². The van der Waals surface area contributed by atoms with Crippen molar-refractivity contribution in [3.05, 3.63) is 53.9 Å². The molecule has 5 rings (SSSR count). The number of carbonyl (C=O) groups is 2. The Kier molecular flexibility index (Phi) is 7.66. The third-order valence-corrected chi connectivity index (χ3v) is 8.12. The number of fused-ring (bicyclic) bond motifs is 1. The van der Waals surface area contributed by atoms with Gasteiger partial charge in [0.05, 0.1) is 5.75 Å². The Hall–Kier alpha value is -2.87. The lowest BCUT2D eigenvalue weighted by molar-refractivity contribution is -0.117. The monoisotopic (exact) mass is 491 g/mol. The molecule has 0 atom stereocenters. The predicted molar refractivity (Wildman–Crippen MR) is 139 cm³/mol. The number of hydrogen-bond acceptors (Lipinski definition) is 5. The highest BCUT2D eigenvalue weighted by atomic mass is 32.2. The summed E-state index contributed by atoms with van der Waals surface area (Å²) in [4.78, 5) is 24.6. The summed E-state index contributed by atoms with van der Waals surface area (Å²) in [5.74, 6) is 0.770. The van der Waals surface area contributed by atoms with Crippen molar-refractivity contribution in [3.63, 3.8) is 0 Å². The van der Waals surface area contributed by atoms with Gasteiger partial charge >= 0.3 is 6.03 Å². The molecule has 184 valence electrons. The Balaban J connectivity index is 1.30. The summed E-state index contributed by atoms with van der Waals surface area (Å²) in [6.07, 6.45) is 10.8. The van der Waals surface area contributed by atoms with Crippen LogP contribution in [0.5, 0.6) is 0 Å². The van der Waals surface area contributed by atoms with Crippen molar-refractivity contribution in [1.29, 1.82) is 0 Å². The summed E-state index contributed by atoms with van der Waals surface area (Å²) < 4.78 is 2.26. The molecule has 0 aliphatic heterocycles. The normalized spacial score (nSPS) is 17.0. The molecule has 0 unspecified atom stereocenters. The van der Waals surface area contributed by atoms with Gasteiger partial charge in [0, 0.05) is 18.5 Å². The van der Waals surface area contributed by atoms with Crippen LogP contribution in [0.3, 0.4) is 0 Å². The minimum Gasteiger partial charge on any atom is -0.335 e. The average Bonchev–Trinajstić information content (AvgIpc) is 3.53. The molecule has 7 nitrogen and oxygen atoms in total. The Labute approximate surface area is 210 Å². The summed E-state index contributed by atoms with van der Waals surface area (Å²) >= 11 is 1.37. The molecular weight excluding hydrogens is 458 g/mol. The molecule has 0 saturated heterocycles. The summed E-state index contributed by atoms with van der Waals surface area (Å²) in [5.41, 5.74) is 1.23.